The van der Waals surface area contributed by atoms with E-state index >= 15 is 0 Å². The molecule has 1 fully saturated rings. The van der Waals surface area contributed by atoms with Crippen LogP contribution in [0.5, 0.6) is 0 Å². The second-order valence-corrected chi connectivity index (χ2v) is 8.98. The molecule has 1 rings (SSSR count). The van der Waals surface area contributed by atoms with Gasteiger partial charge >= 0.3 is 0 Å². The molecule has 0 aromatic heterocycles. The zero-order valence-electron chi connectivity index (χ0n) is 15.6. The lowest BCUT2D eigenvalue weighted by molar-refractivity contribution is 0.00126. The number of rotatable bonds is 8. The van der Waals surface area contributed by atoms with E-state index in [-0.39, 0.29) is 5.60 Å². The second-order valence-electron chi connectivity index (χ2n) is 8.98. The summed E-state index contributed by atoms with van der Waals surface area (Å²) >= 11 is 0. The van der Waals surface area contributed by atoms with Crippen LogP contribution in [0.2, 0.25) is 0 Å². The summed E-state index contributed by atoms with van der Waals surface area (Å²) in [5.41, 5.74) is 0.550. The minimum absolute atomic E-state index is 0.0253. The van der Waals surface area contributed by atoms with Crippen LogP contribution in [0.25, 0.3) is 0 Å². The summed E-state index contributed by atoms with van der Waals surface area (Å²) in [6.45, 7) is 16.2. The van der Waals surface area contributed by atoms with Crippen molar-refractivity contribution in [1.29, 1.82) is 0 Å². The standard InChI is InChI=1S/C19H39NO/c1-15(2)13-20-14-17-8-10-18(3,4)12-16(17)9-11-19(5,6)21-7/h15-17,20H,8-14H2,1-7H3. The lowest BCUT2D eigenvalue weighted by atomic mass is 9.65. The number of hydrogen-bond donors (Lipinski definition) is 1. The van der Waals surface area contributed by atoms with E-state index in [9.17, 15) is 0 Å². The zero-order valence-corrected chi connectivity index (χ0v) is 15.6. The molecule has 0 amide bonds. The van der Waals surface area contributed by atoms with Crippen LogP contribution < -0.4 is 5.32 Å². The van der Waals surface area contributed by atoms with Crippen LogP contribution in [0, 0.1) is 23.2 Å². The van der Waals surface area contributed by atoms with Gasteiger partial charge in [-0.2, -0.15) is 0 Å². The summed E-state index contributed by atoms with van der Waals surface area (Å²) in [5.74, 6) is 2.45. The monoisotopic (exact) mass is 297 g/mol. The van der Waals surface area contributed by atoms with Crippen molar-refractivity contribution >= 4 is 0 Å². The summed E-state index contributed by atoms with van der Waals surface area (Å²) in [6.07, 6.45) is 6.62. The average Bonchev–Trinajstić information content (AvgIpc) is 2.38. The van der Waals surface area contributed by atoms with Gasteiger partial charge in [0.25, 0.3) is 0 Å². The van der Waals surface area contributed by atoms with E-state index in [0.717, 1.165) is 24.3 Å². The predicted molar refractivity (Wildman–Crippen MR) is 92.6 cm³/mol. The Morgan fingerprint density at radius 1 is 1.24 bits per heavy atom. The van der Waals surface area contributed by atoms with Gasteiger partial charge < -0.3 is 10.1 Å². The molecule has 2 atom stereocenters. The Morgan fingerprint density at radius 2 is 1.90 bits per heavy atom. The van der Waals surface area contributed by atoms with Crippen LogP contribution in [0.4, 0.5) is 0 Å². The number of ether oxygens (including phenoxy) is 1. The summed E-state index contributed by atoms with van der Waals surface area (Å²) in [7, 11) is 1.84. The molecular formula is C19H39NO. The first-order valence-corrected chi connectivity index (χ1v) is 8.91. The molecule has 0 heterocycles. The number of nitrogens with one attached hydrogen (secondary N) is 1. The maximum absolute atomic E-state index is 5.61. The Labute approximate surface area is 133 Å². The minimum Gasteiger partial charge on any atom is -0.379 e. The summed E-state index contributed by atoms with van der Waals surface area (Å²) in [4.78, 5) is 0. The maximum atomic E-state index is 5.61. The Hall–Kier alpha value is -0.0800. The van der Waals surface area contributed by atoms with Crippen molar-refractivity contribution in [3.8, 4) is 0 Å². The van der Waals surface area contributed by atoms with Gasteiger partial charge in [-0.05, 0) is 82.2 Å². The van der Waals surface area contributed by atoms with Gasteiger partial charge in [0, 0.05) is 7.11 Å². The van der Waals surface area contributed by atoms with Gasteiger partial charge in [0.15, 0.2) is 0 Å². The Morgan fingerprint density at radius 3 is 2.48 bits per heavy atom. The third kappa shape index (κ3) is 7.15. The molecule has 0 aromatic carbocycles. The molecule has 0 radical (unpaired) electrons. The Kier molecular flexibility index (Phi) is 7.19. The van der Waals surface area contributed by atoms with Crippen LogP contribution in [-0.2, 0) is 4.74 Å². The molecular weight excluding hydrogens is 258 g/mol. The van der Waals surface area contributed by atoms with Crippen LogP contribution in [0.3, 0.4) is 0 Å². The highest BCUT2D eigenvalue weighted by molar-refractivity contribution is 4.87. The van der Waals surface area contributed by atoms with Crippen molar-refractivity contribution in [2.75, 3.05) is 20.2 Å². The molecule has 0 saturated heterocycles. The van der Waals surface area contributed by atoms with E-state index in [4.69, 9.17) is 4.74 Å². The molecule has 2 unspecified atom stereocenters. The molecule has 21 heavy (non-hydrogen) atoms. The summed E-state index contributed by atoms with van der Waals surface area (Å²) in [6, 6.07) is 0. The van der Waals surface area contributed by atoms with Crippen molar-refractivity contribution in [3.05, 3.63) is 0 Å². The molecule has 2 nitrogen and oxygen atoms in total. The lowest BCUT2D eigenvalue weighted by Gasteiger charge is -2.42. The smallest absolute Gasteiger partial charge is 0.0622 e. The van der Waals surface area contributed by atoms with E-state index in [0.29, 0.717) is 5.41 Å². The van der Waals surface area contributed by atoms with Gasteiger partial charge in [0.05, 0.1) is 5.60 Å². The van der Waals surface area contributed by atoms with Gasteiger partial charge in [-0.3, -0.25) is 0 Å². The van der Waals surface area contributed by atoms with Crippen molar-refractivity contribution in [1.82, 2.24) is 5.32 Å². The molecule has 1 saturated carbocycles. The van der Waals surface area contributed by atoms with E-state index in [1.165, 1.54) is 38.6 Å². The fourth-order valence-electron chi connectivity index (χ4n) is 3.59. The van der Waals surface area contributed by atoms with Gasteiger partial charge in [0.2, 0.25) is 0 Å². The summed E-state index contributed by atoms with van der Waals surface area (Å²) in [5, 5.41) is 3.69. The third-order valence-electron chi connectivity index (χ3n) is 5.30. The first-order chi connectivity index (χ1) is 9.65. The number of hydrogen-bond acceptors (Lipinski definition) is 2. The van der Waals surface area contributed by atoms with Crippen molar-refractivity contribution < 1.29 is 4.74 Å². The second kappa shape index (κ2) is 7.97. The molecule has 1 aliphatic rings. The molecule has 0 spiro atoms. The minimum atomic E-state index is 0.0253. The number of methoxy groups -OCH3 is 1. The van der Waals surface area contributed by atoms with Crippen molar-refractivity contribution in [2.24, 2.45) is 23.2 Å². The van der Waals surface area contributed by atoms with Gasteiger partial charge in [-0.15, -0.1) is 0 Å². The van der Waals surface area contributed by atoms with Crippen LogP contribution >= 0.6 is 0 Å². The van der Waals surface area contributed by atoms with E-state index < -0.39 is 0 Å². The molecule has 1 aliphatic carbocycles. The third-order valence-corrected chi connectivity index (χ3v) is 5.30. The van der Waals surface area contributed by atoms with E-state index in [1.54, 1.807) is 0 Å². The highest BCUT2D eigenvalue weighted by Gasteiger charge is 2.35. The van der Waals surface area contributed by atoms with Crippen LogP contribution in [-0.4, -0.2) is 25.8 Å². The van der Waals surface area contributed by atoms with Crippen molar-refractivity contribution in [2.45, 2.75) is 79.2 Å². The maximum Gasteiger partial charge on any atom is 0.0622 e. The quantitative estimate of drug-likeness (QED) is 0.689. The van der Waals surface area contributed by atoms with E-state index in [1.807, 2.05) is 7.11 Å². The molecule has 2 heteroatoms. The van der Waals surface area contributed by atoms with E-state index in [2.05, 4.69) is 46.9 Å². The van der Waals surface area contributed by atoms with Gasteiger partial charge in [0.1, 0.15) is 0 Å². The lowest BCUT2D eigenvalue weighted by Crippen LogP contribution is -2.38. The van der Waals surface area contributed by atoms with Gasteiger partial charge in [-0.1, -0.05) is 27.7 Å². The largest absolute Gasteiger partial charge is 0.379 e. The zero-order chi connectivity index (χ0) is 16.1. The molecule has 126 valence electrons. The first kappa shape index (κ1) is 19.0. The Balaban J connectivity index is 2.53. The molecule has 0 bridgehead atoms. The highest BCUT2D eigenvalue weighted by Crippen LogP contribution is 2.44. The normalized spacial score (nSPS) is 26.3. The van der Waals surface area contributed by atoms with Crippen LogP contribution in [0.15, 0.2) is 0 Å². The first-order valence-electron chi connectivity index (χ1n) is 8.91. The fraction of sp³-hybridized carbons (Fsp3) is 1.00. The van der Waals surface area contributed by atoms with Crippen molar-refractivity contribution in [3.63, 3.8) is 0 Å². The topological polar surface area (TPSA) is 21.3 Å². The summed E-state index contributed by atoms with van der Waals surface area (Å²) < 4.78 is 5.61. The van der Waals surface area contributed by atoms with Gasteiger partial charge in [-0.25, -0.2) is 0 Å². The SMILES string of the molecule is COC(C)(C)CCC1CC(C)(C)CCC1CNCC(C)C. The molecule has 1 N–H and O–H groups in total. The molecule has 0 aromatic rings. The highest BCUT2D eigenvalue weighted by atomic mass is 16.5. The average molecular weight is 298 g/mol. The molecule has 0 aliphatic heterocycles. The Bertz CT molecular complexity index is 296. The van der Waals surface area contributed by atoms with Crippen LogP contribution in [0.1, 0.15) is 73.6 Å². The fourth-order valence-corrected chi connectivity index (χ4v) is 3.59. The predicted octanol–water partition coefficient (Wildman–Crippen LogP) is 4.88.